The molecule has 0 heterocycles. The number of carbonyl (C=O) groups is 1. The third-order valence-electron chi connectivity index (χ3n) is 2.46. The fourth-order valence-electron chi connectivity index (χ4n) is 1.50. The summed E-state index contributed by atoms with van der Waals surface area (Å²) >= 11 is 3.18. The number of aliphatic hydroxyl groups is 2. The van der Waals surface area contributed by atoms with Gasteiger partial charge in [-0.25, -0.2) is 4.39 Å². The van der Waals surface area contributed by atoms with Gasteiger partial charge in [0.15, 0.2) is 0 Å². The van der Waals surface area contributed by atoms with E-state index in [0.717, 1.165) is 6.07 Å². The van der Waals surface area contributed by atoms with Crippen molar-refractivity contribution in [3.8, 4) is 0 Å². The normalized spacial score (nSPS) is 14.1. The van der Waals surface area contributed by atoms with Gasteiger partial charge in [0, 0.05) is 23.5 Å². The topological polar surface area (TPSA) is 69.6 Å². The Hall–Kier alpha value is -0.980. The Balaban J connectivity index is 2.64. The second-order valence-corrected chi connectivity index (χ2v) is 4.80. The van der Waals surface area contributed by atoms with Crippen molar-refractivity contribution < 1.29 is 19.4 Å². The summed E-state index contributed by atoms with van der Waals surface area (Å²) in [5.41, 5.74) is 0.283. The van der Waals surface area contributed by atoms with Gasteiger partial charge in [-0.05, 0) is 24.6 Å². The quantitative estimate of drug-likeness (QED) is 0.770. The molecule has 100 valence electrons. The minimum Gasteiger partial charge on any atom is -0.390 e. The van der Waals surface area contributed by atoms with Gasteiger partial charge in [0.1, 0.15) is 11.9 Å². The maximum absolute atomic E-state index is 13.1. The highest BCUT2D eigenvalue weighted by Gasteiger charge is 2.20. The van der Waals surface area contributed by atoms with E-state index in [1.165, 1.54) is 19.1 Å². The molecule has 0 saturated heterocycles. The number of amides is 1. The Morgan fingerprint density at radius 2 is 2.17 bits per heavy atom. The fraction of sp³-hybridized carbons (Fsp3) is 0.417. The largest absolute Gasteiger partial charge is 0.390 e. The molecular weight excluding hydrogens is 305 g/mol. The number of carbonyl (C=O) groups excluding carboxylic acids is 1. The lowest BCUT2D eigenvalue weighted by molar-refractivity contribution is -0.119. The van der Waals surface area contributed by atoms with Crippen LogP contribution in [-0.4, -0.2) is 28.8 Å². The van der Waals surface area contributed by atoms with E-state index in [4.69, 9.17) is 0 Å². The maximum Gasteiger partial charge on any atom is 0.216 e. The molecule has 0 aliphatic heterocycles. The zero-order valence-corrected chi connectivity index (χ0v) is 11.4. The van der Waals surface area contributed by atoms with Gasteiger partial charge in [-0.1, -0.05) is 15.9 Å². The fourth-order valence-corrected chi connectivity index (χ4v) is 1.98. The molecule has 1 amide bonds. The molecular formula is C12H15BrFNO3. The van der Waals surface area contributed by atoms with Crippen LogP contribution < -0.4 is 5.32 Å². The Kier molecular flexibility index (Phi) is 5.71. The summed E-state index contributed by atoms with van der Waals surface area (Å²) in [6.07, 6.45) is -2.09. The summed E-state index contributed by atoms with van der Waals surface area (Å²) in [5, 5.41) is 22.2. The highest BCUT2D eigenvalue weighted by atomic mass is 79.9. The summed E-state index contributed by atoms with van der Waals surface area (Å²) in [6, 6.07) is 3.88. The van der Waals surface area contributed by atoms with Crippen LogP contribution >= 0.6 is 15.9 Å². The zero-order valence-electron chi connectivity index (χ0n) is 9.86. The van der Waals surface area contributed by atoms with Gasteiger partial charge in [0.25, 0.3) is 0 Å². The van der Waals surface area contributed by atoms with Gasteiger partial charge in [0.2, 0.25) is 5.91 Å². The van der Waals surface area contributed by atoms with Crippen molar-refractivity contribution in [2.24, 2.45) is 0 Å². The van der Waals surface area contributed by atoms with Crippen molar-refractivity contribution in [3.63, 3.8) is 0 Å². The Morgan fingerprint density at radius 3 is 2.78 bits per heavy atom. The molecule has 1 aromatic rings. The Morgan fingerprint density at radius 1 is 1.50 bits per heavy atom. The van der Waals surface area contributed by atoms with Crippen LogP contribution in [0.5, 0.6) is 0 Å². The highest BCUT2D eigenvalue weighted by Crippen LogP contribution is 2.27. The molecule has 0 radical (unpaired) electrons. The summed E-state index contributed by atoms with van der Waals surface area (Å²) < 4.78 is 13.6. The van der Waals surface area contributed by atoms with Crippen LogP contribution in [0.3, 0.4) is 0 Å². The van der Waals surface area contributed by atoms with Crippen molar-refractivity contribution in [2.45, 2.75) is 25.6 Å². The van der Waals surface area contributed by atoms with Crippen LogP contribution in [0.15, 0.2) is 22.7 Å². The molecule has 2 atom stereocenters. The molecule has 1 aromatic carbocycles. The summed E-state index contributed by atoms with van der Waals surface area (Å²) in [7, 11) is 0. The molecule has 2 unspecified atom stereocenters. The summed E-state index contributed by atoms with van der Waals surface area (Å²) in [4.78, 5) is 10.7. The molecule has 6 heteroatoms. The summed E-state index contributed by atoms with van der Waals surface area (Å²) in [5.74, 6) is -0.690. The Labute approximate surface area is 113 Å². The number of aliphatic hydroxyl groups excluding tert-OH is 2. The second kappa shape index (κ2) is 6.82. The molecule has 0 aromatic heterocycles. The van der Waals surface area contributed by atoms with Crippen molar-refractivity contribution in [3.05, 3.63) is 34.1 Å². The van der Waals surface area contributed by atoms with Gasteiger partial charge in [-0.3, -0.25) is 4.79 Å². The van der Waals surface area contributed by atoms with Crippen molar-refractivity contribution in [1.82, 2.24) is 5.32 Å². The molecule has 0 bridgehead atoms. The lowest BCUT2D eigenvalue weighted by Gasteiger charge is -2.19. The van der Waals surface area contributed by atoms with Crippen molar-refractivity contribution in [2.75, 3.05) is 6.54 Å². The van der Waals surface area contributed by atoms with E-state index >= 15 is 0 Å². The van der Waals surface area contributed by atoms with E-state index in [9.17, 15) is 19.4 Å². The minimum absolute atomic E-state index is 0.184. The van der Waals surface area contributed by atoms with E-state index in [-0.39, 0.29) is 24.4 Å². The maximum atomic E-state index is 13.1. The van der Waals surface area contributed by atoms with Crippen molar-refractivity contribution in [1.29, 1.82) is 0 Å². The first-order valence-corrected chi connectivity index (χ1v) is 6.26. The van der Waals surface area contributed by atoms with Crippen LogP contribution in [-0.2, 0) is 4.79 Å². The standard InChI is InChI=1S/C12H15BrFNO3/c1-7(16)15-5-4-11(17)12(18)9-6-8(14)2-3-10(9)13/h2-3,6,11-12,17-18H,4-5H2,1H3,(H,15,16). The smallest absolute Gasteiger partial charge is 0.216 e. The van der Waals surface area contributed by atoms with Crippen LogP contribution in [0.4, 0.5) is 4.39 Å². The number of rotatable bonds is 5. The average Bonchev–Trinajstić information content (AvgIpc) is 2.30. The van der Waals surface area contributed by atoms with Gasteiger partial charge < -0.3 is 15.5 Å². The van der Waals surface area contributed by atoms with E-state index in [1.807, 2.05) is 0 Å². The van der Waals surface area contributed by atoms with Crippen LogP contribution in [0.1, 0.15) is 25.0 Å². The summed E-state index contributed by atoms with van der Waals surface area (Å²) in [6.45, 7) is 1.62. The third kappa shape index (κ3) is 4.36. The van der Waals surface area contributed by atoms with E-state index in [0.29, 0.717) is 4.47 Å². The van der Waals surface area contributed by atoms with Gasteiger partial charge in [0.05, 0.1) is 6.10 Å². The molecule has 0 aliphatic carbocycles. The van der Waals surface area contributed by atoms with E-state index in [2.05, 4.69) is 21.2 Å². The monoisotopic (exact) mass is 319 g/mol. The molecule has 4 nitrogen and oxygen atoms in total. The molecule has 1 rings (SSSR count). The first-order valence-electron chi connectivity index (χ1n) is 5.47. The second-order valence-electron chi connectivity index (χ2n) is 3.95. The number of hydrogen-bond donors (Lipinski definition) is 3. The SMILES string of the molecule is CC(=O)NCCC(O)C(O)c1cc(F)ccc1Br. The lowest BCUT2D eigenvalue weighted by atomic mass is 10.0. The van der Waals surface area contributed by atoms with Gasteiger partial charge in [-0.15, -0.1) is 0 Å². The first kappa shape index (κ1) is 15.1. The van der Waals surface area contributed by atoms with E-state index < -0.39 is 18.0 Å². The van der Waals surface area contributed by atoms with Crippen LogP contribution in [0.2, 0.25) is 0 Å². The molecule has 0 aliphatic rings. The lowest BCUT2D eigenvalue weighted by Crippen LogP contribution is -2.27. The van der Waals surface area contributed by atoms with E-state index in [1.54, 1.807) is 0 Å². The highest BCUT2D eigenvalue weighted by molar-refractivity contribution is 9.10. The minimum atomic E-state index is -1.20. The number of nitrogens with one attached hydrogen (secondary N) is 1. The molecule has 3 N–H and O–H groups in total. The predicted octanol–water partition coefficient (Wildman–Crippen LogP) is 1.51. The zero-order chi connectivity index (χ0) is 13.7. The van der Waals surface area contributed by atoms with Crippen LogP contribution in [0, 0.1) is 5.82 Å². The Bertz CT molecular complexity index is 428. The third-order valence-corrected chi connectivity index (χ3v) is 3.18. The number of halogens is 2. The predicted molar refractivity (Wildman–Crippen MR) is 68.4 cm³/mol. The molecule has 0 spiro atoms. The average molecular weight is 320 g/mol. The van der Waals surface area contributed by atoms with Crippen LogP contribution in [0.25, 0.3) is 0 Å². The molecule has 18 heavy (non-hydrogen) atoms. The van der Waals surface area contributed by atoms with Crippen molar-refractivity contribution >= 4 is 21.8 Å². The molecule has 0 saturated carbocycles. The van der Waals surface area contributed by atoms with Gasteiger partial charge in [-0.2, -0.15) is 0 Å². The number of benzene rings is 1. The van der Waals surface area contributed by atoms with Gasteiger partial charge >= 0.3 is 0 Å². The number of hydrogen-bond acceptors (Lipinski definition) is 3. The first-order chi connectivity index (χ1) is 8.41. The molecule has 0 fully saturated rings.